The van der Waals surface area contributed by atoms with Crippen LogP contribution in [0.15, 0.2) is 45.5 Å². The van der Waals surface area contributed by atoms with Gasteiger partial charge >= 0.3 is 6.61 Å². The number of hydrogen-bond acceptors (Lipinski definition) is 3. The Morgan fingerprint density at radius 2 is 1.95 bits per heavy atom. The summed E-state index contributed by atoms with van der Waals surface area (Å²) < 4.78 is 35.1. The lowest BCUT2D eigenvalue weighted by molar-refractivity contribution is -0.0498. The van der Waals surface area contributed by atoms with Crippen molar-refractivity contribution in [3.63, 3.8) is 0 Å². The molecule has 3 nitrogen and oxygen atoms in total. The van der Waals surface area contributed by atoms with Gasteiger partial charge in [-0.1, -0.05) is 19.1 Å². The largest absolute Gasteiger partial charge is 0.466 e. The maximum absolute atomic E-state index is 12.2. The van der Waals surface area contributed by atoms with E-state index in [2.05, 4.69) is 32.9 Å². The Morgan fingerprint density at radius 3 is 2.48 bits per heavy atom. The van der Waals surface area contributed by atoms with E-state index in [9.17, 15) is 8.78 Å². The molecule has 0 aliphatic rings. The fourth-order valence-electron chi connectivity index (χ4n) is 2.00. The monoisotopic (exact) mass is 359 g/mol. The third-order valence-corrected chi connectivity index (χ3v) is 3.60. The van der Waals surface area contributed by atoms with Crippen LogP contribution < -0.4 is 10.1 Å². The van der Waals surface area contributed by atoms with E-state index in [0.717, 1.165) is 28.8 Å². The van der Waals surface area contributed by atoms with Gasteiger partial charge in [-0.2, -0.15) is 8.78 Å². The highest BCUT2D eigenvalue weighted by Gasteiger charge is 2.19. The molecular weight excluding hydrogens is 344 g/mol. The SMILES string of the molecule is CCCNC(c1ccc(OC(F)F)cc1)c1occc1Br. The molecule has 1 unspecified atom stereocenters. The summed E-state index contributed by atoms with van der Waals surface area (Å²) in [4.78, 5) is 0. The Balaban J connectivity index is 2.22. The zero-order valence-corrected chi connectivity index (χ0v) is 13.1. The second-order valence-corrected chi connectivity index (χ2v) is 5.32. The molecule has 0 saturated heterocycles. The maximum Gasteiger partial charge on any atom is 0.387 e. The van der Waals surface area contributed by atoms with Crippen LogP contribution in [-0.2, 0) is 0 Å². The van der Waals surface area contributed by atoms with Crippen molar-refractivity contribution in [3.8, 4) is 5.75 Å². The number of halogens is 3. The second kappa shape index (κ2) is 7.56. The van der Waals surface area contributed by atoms with Crippen molar-refractivity contribution in [1.82, 2.24) is 5.32 Å². The zero-order chi connectivity index (χ0) is 15.2. The first-order chi connectivity index (χ1) is 10.1. The Morgan fingerprint density at radius 1 is 1.24 bits per heavy atom. The summed E-state index contributed by atoms with van der Waals surface area (Å²) in [5.74, 6) is 0.896. The lowest BCUT2D eigenvalue weighted by Gasteiger charge is -2.18. The van der Waals surface area contributed by atoms with Gasteiger partial charge in [0.15, 0.2) is 0 Å². The first-order valence-corrected chi connectivity index (χ1v) is 7.42. The van der Waals surface area contributed by atoms with E-state index in [1.165, 1.54) is 12.1 Å². The van der Waals surface area contributed by atoms with Crippen LogP contribution in [0, 0.1) is 0 Å². The normalized spacial score (nSPS) is 12.6. The van der Waals surface area contributed by atoms with Crippen LogP contribution in [0.4, 0.5) is 8.78 Å². The van der Waals surface area contributed by atoms with Gasteiger partial charge in [-0.05, 0) is 52.7 Å². The third-order valence-electron chi connectivity index (χ3n) is 2.94. The number of alkyl halides is 2. The van der Waals surface area contributed by atoms with E-state index < -0.39 is 6.61 Å². The molecule has 0 radical (unpaired) electrons. The highest BCUT2D eigenvalue weighted by Crippen LogP contribution is 2.30. The van der Waals surface area contributed by atoms with Crippen molar-refractivity contribution in [2.24, 2.45) is 0 Å². The van der Waals surface area contributed by atoms with Gasteiger partial charge in [0.05, 0.1) is 16.8 Å². The molecule has 21 heavy (non-hydrogen) atoms. The summed E-state index contributed by atoms with van der Waals surface area (Å²) in [7, 11) is 0. The Labute approximate surface area is 130 Å². The molecule has 114 valence electrons. The molecule has 0 amide bonds. The Kier molecular flexibility index (Phi) is 5.76. The molecule has 0 bridgehead atoms. The summed E-state index contributed by atoms with van der Waals surface area (Å²) in [6, 6.07) is 8.23. The molecule has 1 aromatic carbocycles. The number of nitrogens with one attached hydrogen (secondary N) is 1. The fourth-order valence-corrected chi connectivity index (χ4v) is 2.43. The quantitative estimate of drug-likeness (QED) is 0.775. The first kappa shape index (κ1) is 16.0. The minimum atomic E-state index is -2.82. The van der Waals surface area contributed by atoms with Gasteiger partial charge in [0.2, 0.25) is 0 Å². The van der Waals surface area contributed by atoms with Gasteiger partial charge in [-0.3, -0.25) is 0 Å². The number of furan rings is 1. The van der Waals surface area contributed by atoms with E-state index >= 15 is 0 Å². The minimum Gasteiger partial charge on any atom is -0.466 e. The molecule has 1 heterocycles. The molecule has 6 heteroatoms. The third kappa shape index (κ3) is 4.28. The number of ether oxygens (including phenoxy) is 1. The van der Waals surface area contributed by atoms with E-state index in [1.807, 2.05) is 6.07 Å². The molecule has 0 aliphatic carbocycles. The lowest BCUT2D eigenvalue weighted by Crippen LogP contribution is -2.23. The second-order valence-electron chi connectivity index (χ2n) is 4.47. The van der Waals surface area contributed by atoms with Gasteiger partial charge in [-0.25, -0.2) is 0 Å². The molecule has 1 aromatic heterocycles. The van der Waals surface area contributed by atoms with Crippen molar-refractivity contribution in [3.05, 3.63) is 52.4 Å². The molecule has 2 aromatic rings. The van der Waals surface area contributed by atoms with Crippen molar-refractivity contribution >= 4 is 15.9 Å². The van der Waals surface area contributed by atoms with E-state index in [0.29, 0.717) is 0 Å². The predicted molar refractivity (Wildman–Crippen MR) is 79.6 cm³/mol. The molecular formula is C15H16BrF2NO2. The Bertz CT molecular complexity index is 557. The topological polar surface area (TPSA) is 34.4 Å². The summed E-state index contributed by atoms with van der Waals surface area (Å²) in [6.07, 6.45) is 2.58. The average Bonchev–Trinajstić information content (AvgIpc) is 2.87. The Hall–Kier alpha value is -1.40. The molecule has 2 rings (SSSR count). The van der Waals surface area contributed by atoms with Gasteiger partial charge in [0, 0.05) is 0 Å². The first-order valence-electron chi connectivity index (χ1n) is 6.63. The lowest BCUT2D eigenvalue weighted by atomic mass is 10.0. The molecule has 1 atom stereocenters. The summed E-state index contributed by atoms with van der Waals surface area (Å²) in [5, 5.41) is 3.38. The van der Waals surface area contributed by atoms with Crippen LogP contribution in [-0.4, -0.2) is 13.2 Å². The van der Waals surface area contributed by atoms with Crippen LogP contribution in [0.3, 0.4) is 0 Å². The van der Waals surface area contributed by atoms with Crippen molar-refractivity contribution < 1.29 is 17.9 Å². The minimum absolute atomic E-state index is 0.140. The van der Waals surface area contributed by atoms with Crippen molar-refractivity contribution in [1.29, 1.82) is 0 Å². The highest BCUT2D eigenvalue weighted by atomic mass is 79.9. The van der Waals surface area contributed by atoms with Crippen LogP contribution in [0.2, 0.25) is 0 Å². The fraction of sp³-hybridized carbons (Fsp3) is 0.333. The highest BCUT2D eigenvalue weighted by molar-refractivity contribution is 9.10. The number of benzene rings is 1. The van der Waals surface area contributed by atoms with Crippen LogP contribution in [0.25, 0.3) is 0 Å². The molecule has 0 fully saturated rings. The van der Waals surface area contributed by atoms with Crippen molar-refractivity contribution in [2.45, 2.75) is 26.0 Å². The number of rotatable bonds is 7. The standard InChI is InChI=1S/C15H16BrF2NO2/c1-2-8-19-13(14-12(16)7-9-20-14)10-3-5-11(6-4-10)21-15(17)18/h3-7,9,13,15,19H,2,8H2,1H3. The van der Waals surface area contributed by atoms with E-state index in [-0.39, 0.29) is 11.8 Å². The average molecular weight is 360 g/mol. The summed E-state index contributed by atoms with van der Waals surface area (Å²) in [5.41, 5.74) is 0.917. The zero-order valence-electron chi connectivity index (χ0n) is 11.5. The maximum atomic E-state index is 12.2. The summed E-state index contributed by atoms with van der Waals surface area (Å²) >= 11 is 3.45. The van der Waals surface area contributed by atoms with Crippen LogP contribution in [0.5, 0.6) is 5.75 Å². The van der Waals surface area contributed by atoms with E-state index in [4.69, 9.17) is 4.42 Å². The van der Waals surface area contributed by atoms with Gasteiger partial charge in [-0.15, -0.1) is 0 Å². The van der Waals surface area contributed by atoms with Gasteiger partial charge < -0.3 is 14.5 Å². The predicted octanol–water partition coefficient (Wildman–Crippen LogP) is 4.73. The van der Waals surface area contributed by atoms with Gasteiger partial charge in [0.1, 0.15) is 11.5 Å². The number of hydrogen-bond donors (Lipinski definition) is 1. The summed E-state index contributed by atoms with van der Waals surface area (Å²) in [6.45, 7) is 0.0672. The molecule has 0 spiro atoms. The molecule has 0 saturated carbocycles. The molecule has 0 aliphatic heterocycles. The van der Waals surface area contributed by atoms with Crippen molar-refractivity contribution in [2.75, 3.05) is 6.54 Å². The van der Waals surface area contributed by atoms with Crippen LogP contribution in [0.1, 0.15) is 30.7 Å². The van der Waals surface area contributed by atoms with E-state index in [1.54, 1.807) is 18.4 Å². The van der Waals surface area contributed by atoms with Crippen LogP contribution >= 0.6 is 15.9 Å². The smallest absolute Gasteiger partial charge is 0.387 e. The molecule has 1 N–H and O–H groups in total. The van der Waals surface area contributed by atoms with Gasteiger partial charge in [0.25, 0.3) is 0 Å².